The van der Waals surface area contributed by atoms with Crippen molar-refractivity contribution < 1.29 is 9.90 Å². The lowest BCUT2D eigenvalue weighted by molar-refractivity contribution is 0.0532. The number of nitrogens with zero attached hydrogens (tertiary/aromatic N) is 5. The molecule has 7 heteroatoms. The van der Waals surface area contributed by atoms with Crippen LogP contribution in [0.2, 0.25) is 0 Å². The van der Waals surface area contributed by atoms with Crippen molar-refractivity contribution in [2.45, 2.75) is 70.1 Å². The van der Waals surface area contributed by atoms with Crippen LogP contribution in [0.1, 0.15) is 80.2 Å². The number of carbonyl (C=O) groups is 1. The van der Waals surface area contributed by atoms with E-state index in [9.17, 15) is 9.90 Å². The maximum atomic E-state index is 13.3. The van der Waals surface area contributed by atoms with E-state index in [4.69, 9.17) is 0 Å². The lowest BCUT2D eigenvalue weighted by Crippen LogP contribution is -2.46. The summed E-state index contributed by atoms with van der Waals surface area (Å²) in [5.74, 6) is 0.486. The normalized spacial score (nSPS) is 23.5. The van der Waals surface area contributed by atoms with Crippen LogP contribution in [-0.2, 0) is 5.60 Å². The van der Waals surface area contributed by atoms with Crippen molar-refractivity contribution in [3.63, 3.8) is 0 Å². The number of carbonyl (C=O) groups excluding carboxylic acids is 1. The molecule has 0 unspecified atom stereocenters. The molecule has 1 saturated heterocycles. The molecule has 4 rings (SSSR count). The second-order valence-electron chi connectivity index (χ2n) is 8.36. The fraction of sp³-hybridized carbons (Fsp3) is 0.600. The number of amides is 1. The summed E-state index contributed by atoms with van der Waals surface area (Å²) < 4.78 is 0. The van der Waals surface area contributed by atoms with Crippen LogP contribution in [0.3, 0.4) is 0 Å². The molecule has 144 valence electrons. The van der Waals surface area contributed by atoms with Gasteiger partial charge in [-0.15, -0.1) is 0 Å². The van der Waals surface area contributed by atoms with E-state index < -0.39 is 5.60 Å². The number of aliphatic hydroxyl groups is 1. The van der Waals surface area contributed by atoms with Gasteiger partial charge in [-0.2, -0.15) is 15.0 Å². The lowest BCUT2D eigenvalue weighted by Gasteiger charge is -2.37. The number of likely N-dealkylation sites (tertiary alicyclic amines) is 1. The topological polar surface area (TPSA) is 84.1 Å². The first-order valence-corrected chi connectivity index (χ1v) is 9.75. The SMILES string of the molecule is C[C@@H]1CC[C@@H](n2ncc(C(C)(C)O)n2)CN1C(=O)c1cccnc1C1CC1. The summed E-state index contributed by atoms with van der Waals surface area (Å²) in [7, 11) is 0. The van der Waals surface area contributed by atoms with Crippen molar-refractivity contribution in [2.24, 2.45) is 0 Å². The van der Waals surface area contributed by atoms with E-state index in [0.29, 0.717) is 18.2 Å². The second kappa shape index (κ2) is 6.71. The van der Waals surface area contributed by atoms with Crippen molar-refractivity contribution in [1.29, 1.82) is 0 Å². The predicted octanol–water partition coefficient (Wildman–Crippen LogP) is 2.64. The maximum absolute atomic E-state index is 13.3. The third kappa shape index (κ3) is 3.60. The van der Waals surface area contributed by atoms with E-state index in [0.717, 1.165) is 36.9 Å². The zero-order valence-corrected chi connectivity index (χ0v) is 16.2. The van der Waals surface area contributed by atoms with Crippen LogP contribution in [0.5, 0.6) is 0 Å². The second-order valence-corrected chi connectivity index (χ2v) is 8.36. The van der Waals surface area contributed by atoms with Gasteiger partial charge in [0.15, 0.2) is 0 Å². The minimum atomic E-state index is -1.02. The monoisotopic (exact) mass is 369 g/mol. The van der Waals surface area contributed by atoms with Crippen molar-refractivity contribution in [2.75, 3.05) is 6.54 Å². The number of piperidine rings is 1. The van der Waals surface area contributed by atoms with E-state index in [1.54, 1.807) is 31.0 Å². The minimum Gasteiger partial charge on any atom is -0.384 e. The van der Waals surface area contributed by atoms with Gasteiger partial charge in [0, 0.05) is 24.7 Å². The first kappa shape index (κ1) is 18.1. The Morgan fingerprint density at radius 2 is 2.04 bits per heavy atom. The van der Waals surface area contributed by atoms with Gasteiger partial charge < -0.3 is 10.0 Å². The number of hydrogen-bond donors (Lipinski definition) is 1. The Morgan fingerprint density at radius 1 is 1.26 bits per heavy atom. The molecule has 1 aliphatic heterocycles. The van der Waals surface area contributed by atoms with Crippen molar-refractivity contribution in [3.8, 4) is 0 Å². The Hall–Kier alpha value is -2.28. The first-order valence-electron chi connectivity index (χ1n) is 9.75. The number of pyridine rings is 1. The zero-order chi connectivity index (χ0) is 19.2. The van der Waals surface area contributed by atoms with Gasteiger partial charge in [0.25, 0.3) is 5.91 Å². The zero-order valence-electron chi connectivity index (χ0n) is 16.2. The van der Waals surface area contributed by atoms with Gasteiger partial charge in [-0.1, -0.05) is 0 Å². The van der Waals surface area contributed by atoms with Gasteiger partial charge in [0.1, 0.15) is 11.3 Å². The molecule has 2 fully saturated rings. The van der Waals surface area contributed by atoms with E-state index >= 15 is 0 Å². The molecular weight excluding hydrogens is 342 g/mol. The summed E-state index contributed by atoms with van der Waals surface area (Å²) in [4.78, 5) is 21.4. The molecule has 0 aromatic carbocycles. The van der Waals surface area contributed by atoms with Gasteiger partial charge in [0.2, 0.25) is 0 Å². The van der Waals surface area contributed by atoms with E-state index in [1.807, 2.05) is 17.0 Å². The molecule has 7 nitrogen and oxygen atoms in total. The summed E-state index contributed by atoms with van der Waals surface area (Å²) in [5.41, 5.74) is 1.20. The summed E-state index contributed by atoms with van der Waals surface area (Å²) in [6.45, 7) is 6.06. The van der Waals surface area contributed by atoms with Gasteiger partial charge in [-0.05, 0) is 58.6 Å². The average molecular weight is 369 g/mol. The molecule has 2 aromatic heterocycles. The molecule has 27 heavy (non-hydrogen) atoms. The fourth-order valence-electron chi connectivity index (χ4n) is 3.73. The number of hydrogen-bond acceptors (Lipinski definition) is 5. The largest absolute Gasteiger partial charge is 0.384 e. The van der Waals surface area contributed by atoms with E-state index in [2.05, 4.69) is 22.1 Å². The van der Waals surface area contributed by atoms with Crippen LogP contribution in [0.25, 0.3) is 0 Å². The van der Waals surface area contributed by atoms with Crippen LogP contribution >= 0.6 is 0 Å². The van der Waals surface area contributed by atoms with Crippen molar-refractivity contribution in [3.05, 3.63) is 41.5 Å². The summed E-state index contributed by atoms with van der Waals surface area (Å²) in [6, 6.07) is 3.93. The Balaban J connectivity index is 1.56. The van der Waals surface area contributed by atoms with Crippen LogP contribution in [0.4, 0.5) is 0 Å². The molecule has 1 aliphatic carbocycles. The van der Waals surface area contributed by atoms with E-state index in [-0.39, 0.29) is 18.0 Å². The molecule has 1 N–H and O–H groups in total. The molecule has 0 spiro atoms. The summed E-state index contributed by atoms with van der Waals surface area (Å²) >= 11 is 0. The van der Waals surface area contributed by atoms with E-state index in [1.165, 1.54) is 0 Å². The van der Waals surface area contributed by atoms with Crippen LogP contribution in [0, 0.1) is 0 Å². The van der Waals surface area contributed by atoms with Crippen LogP contribution < -0.4 is 0 Å². The molecule has 2 aromatic rings. The van der Waals surface area contributed by atoms with Crippen molar-refractivity contribution >= 4 is 5.91 Å². The van der Waals surface area contributed by atoms with Gasteiger partial charge >= 0.3 is 0 Å². The summed E-state index contributed by atoms with van der Waals surface area (Å²) in [5, 5.41) is 18.9. The summed E-state index contributed by atoms with van der Waals surface area (Å²) in [6.07, 6.45) is 7.43. The number of rotatable bonds is 4. The third-order valence-electron chi connectivity index (χ3n) is 5.61. The molecule has 0 bridgehead atoms. The first-order chi connectivity index (χ1) is 12.8. The Morgan fingerprint density at radius 3 is 2.70 bits per heavy atom. The highest BCUT2D eigenvalue weighted by Crippen LogP contribution is 2.41. The standard InChI is InChI=1S/C20H27N5O2/c1-13-6-9-15(25-22-11-17(23-25)20(2,3)27)12-24(13)19(26)16-5-4-10-21-18(16)14-7-8-14/h4-5,10-11,13-15,27H,6-9,12H2,1-3H3/t13-,15-/m1/s1. The van der Waals surface area contributed by atoms with Crippen LogP contribution in [-0.4, -0.2) is 48.5 Å². The highest BCUT2D eigenvalue weighted by molar-refractivity contribution is 5.95. The van der Waals surface area contributed by atoms with Crippen LogP contribution in [0.15, 0.2) is 24.5 Å². The maximum Gasteiger partial charge on any atom is 0.256 e. The Labute approximate surface area is 159 Å². The van der Waals surface area contributed by atoms with Gasteiger partial charge in [0.05, 0.1) is 23.5 Å². The minimum absolute atomic E-state index is 0.0160. The third-order valence-corrected chi connectivity index (χ3v) is 5.61. The fourth-order valence-corrected chi connectivity index (χ4v) is 3.73. The Kier molecular flexibility index (Phi) is 4.50. The smallest absolute Gasteiger partial charge is 0.256 e. The molecule has 2 atom stereocenters. The molecule has 2 aliphatic rings. The molecule has 1 amide bonds. The highest BCUT2D eigenvalue weighted by Gasteiger charge is 2.35. The predicted molar refractivity (Wildman–Crippen MR) is 100 cm³/mol. The molecule has 3 heterocycles. The lowest BCUT2D eigenvalue weighted by atomic mass is 9.98. The average Bonchev–Trinajstić information content (AvgIpc) is 3.36. The molecule has 1 saturated carbocycles. The Bertz CT molecular complexity index is 837. The van der Waals surface area contributed by atoms with Crippen molar-refractivity contribution in [1.82, 2.24) is 24.9 Å². The quantitative estimate of drug-likeness (QED) is 0.896. The molecule has 0 radical (unpaired) electrons. The highest BCUT2D eigenvalue weighted by atomic mass is 16.3. The van der Waals surface area contributed by atoms with Gasteiger partial charge in [-0.25, -0.2) is 0 Å². The molecular formula is C20H27N5O2. The van der Waals surface area contributed by atoms with Gasteiger partial charge in [-0.3, -0.25) is 9.78 Å². The number of aromatic nitrogens is 4.